The fourth-order valence-electron chi connectivity index (χ4n) is 3.79. The Bertz CT molecular complexity index is 1550. The van der Waals surface area contributed by atoms with Gasteiger partial charge in [0.15, 0.2) is 5.03 Å². The Morgan fingerprint density at radius 1 is 1.11 bits per heavy atom. The van der Waals surface area contributed by atoms with E-state index in [1.807, 2.05) is 42.5 Å². The zero-order valence-electron chi connectivity index (χ0n) is 20.3. The highest BCUT2D eigenvalue weighted by Crippen LogP contribution is 2.34. The van der Waals surface area contributed by atoms with Gasteiger partial charge in [-0.25, -0.2) is 14.5 Å². The van der Waals surface area contributed by atoms with Crippen LogP contribution in [-0.2, 0) is 6.54 Å². The quantitative estimate of drug-likeness (QED) is 0.117. The lowest BCUT2D eigenvalue weighted by molar-refractivity contribution is -0.472. The Hall–Kier alpha value is -3.69. The monoisotopic (exact) mass is 535 g/mol. The number of halogens is 1. The molecule has 4 rings (SSSR count). The normalized spacial score (nSPS) is 11.6. The maximum atomic E-state index is 13.2. The van der Waals surface area contributed by atoms with Gasteiger partial charge < -0.3 is 0 Å². The second-order valence-electron chi connectivity index (χ2n) is 8.37. The van der Waals surface area contributed by atoms with Crippen LogP contribution in [-0.4, -0.2) is 15.4 Å². The summed E-state index contributed by atoms with van der Waals surface area (Å²) in [6.07, 6.45) is 3.69. The number of anilines is 1. The fourth-order valence-corrected chi connectivity index (χ4v) is 5.67. The van der Waals surface area contributed by atoms with Crippen LogP contribution in [0.3, 0.4) is 0 Å². The van der Waals surface area contributed by atoms with Gasteiger partial charge in [0.05, 0.1) is 16.4 Å². The first kappa shape index (κ1) is 26.4. The number of nitrogens with zero attached hydrogens (tertiary/aromatic N) is 3. The summed E-state index contributed by atoms with van der Waals surface area (Å²) < 4.78 is 16.7. The minimum absolute atomic E-state index is 0.126. The molecule has 0 bridgehead atoms. The third kappa shape index (κ3) is 6.36. The number of hydrogen-bond acceptors (Lipinski definition) is 5. The van der Waals surface area contributed by atoms with Crippen LogP contribution in [0.25, 0.3) is 23.8 Å². The second-order valence-corrected chi connectivity index (χ2v) is 10.4. The summed E-state index contributed by atoms with van der Waals surface area (Å²) >= 11 is 2.30. The van der Waals surface area contributed by atoms with Crippen LogP contribution in [0.2, 0.25) is 0 Å². The van der Waals surface area contributed by atoms with Gasteiger partial charge in [-0.1, -0.05) is 85.9 Å². The highest BCUT2D eigenvalue weighted by molar-refractivity contribution is 8.00. The molecule has 0 spiro atoms. The molecule has 0 aliphatic carbocycles. The van der Waals surface area contributed by atoms with E-state index >= 15 is 0 Å². The van der Waals surface area contributed by atoms with Crippen molar-refractivity contribution < 1.29 is 9.42 Å². The highest BCUT2D eigenvalue weighted by Gasteiger charge is 2.22. The number of thiazole rings is 1. The molecule has 0 radical (unpaired) electrons. The average Bonchev–Trinajstić information content (AvgIpc) is 3.15. The third-order valence-corrected chi connectivity index (χ3v) is 7.79. The first-order chi connectivity index (χ1) is 17.9. The molecule has 1 aromatic heterocycles. The van der Waals surface area contributed by atoms with Gasteiger partial charge in [0.1, 0.15) is 11.5 Å². The van der Waals surface area contributed by atoms with E-state index in [9.17, 15) is 19.3 Å². The van der Waals surface area contributed by atoms with Crippen molar-refractivity contribution in [2.75, 3.05) is 10.2 Å². The van der Waals surface area contributed by atoms with Gasteiger partial charge in [0.2, 0.25) is 0 Å². The lowest BCUT2D eigenvalue weighted by Crippen LogP contribution is -2.31. The first-order valence-electron chi connectivity index (χ1n) is 11.8. The van der Waals surface area contributed by atoms with Gasteiger partial charge >= 0.3 is 4.87 Å². The maximum absolute atomic E-state index is 13.2. The van der Waals surface area contributed by atoms with Crippen molar-refractivity contribution in [3.05, 3.63) is 119 Å². The molecule has 0 atom stereocenters. The minimum atomic E-state index is -0.382. The highest BCUT2D eigenvalue weighted by atomic mass is 32.2. The molecule has 0 amide bonds. The summed E-state index contributed by atoms with van der Waals surface area (Å²) in [4.78, 5) is 24.3. The predicted molar refractivity (Wildman–Crippen MR) is 151 cm³/mol. The second kappa shape index (κ2) is 12.0. The maximum Gasteiger partial charge on any atom is 0.308 e. The van der Waals surface area contributed by atoms with Crippen LogP contribution < -0.4 is 19.2 Å². The zero-order chi connectivity index (χ0) is 26.4. The van der Waals surface area contributed by atoms with Crippen molar-refractivity contribution in [2.24, 2.45) is 0 Å². The molecule has 0 aliphatic rings. The predicted octanol–water partition coefficient (Wildman–Crippen LogP) is 5.45. The van der Waals surface area contributed by atoms with Crippen molar-refractivity contribution in [1.29, 1.82) is 0 Å². The zero-order valence-corrected chi connectivity index (χ0v) is 21.9. The van der Waals surface area contributed by atoms with Crippen LogP contribution in [0, 0.1) is 15.9 Å². The Kier molecular flexibility index (Phi) is 8.58. The van der Waals surface area contributed by atoms with Gasteiger partial charge in [0, 0.05) is 23.3 Å². The van der Waals surface area contributed by atoms with E-state index in [4.69, 9.17) is 0 Å². The Morgan fingerprint density at radius 3 is 2.49 bits per heavy atom. The van der Waals surface area contributed by atoms with Gasteiger partial charge in [-0.15, -0.1) is 0 Å². The number of unbranched alkanes of at least 4 members (excludes halogenated alkanes) is 1. The SMILES string of the molecule is C=c1/c(=C/c2ccc(F)cc2)sc(=O)n1Cc1ccc(-c2ccccc2N(SCCCC)[N+](=O)[O-])cc1. The number of benzene rings is 3. The molecule has 6 nitrogen and oxygen atoms in total. The summed E-state index contributed by atoms with van der Waals surface area (Å²) in [5, 5.41) is 12.0. The van der Waals surface area contributed by atoms with E-state index in [0.29, 0.717) is 23.3 Å². The van der Waals surface area contributed by atoms with Gasteiger partial charge in [-0.2, -0.15) is 0 Å². The Labute approximate surface area is 222 Å². The van der Waals surface area contributed by atoms with E-state index in [1.165, 1.54) is 24.1 Å². The molecule has 0 saturated heterocycles. The van der Waals surface area contributed by atoms with E-state index in [0.717, 1.165) is 55.4 Å². The van der Waals surface area contributed by atoms with Gasteiger partial charge in [-0.05, 0) is 51.8 Å². The number of para-hydroxylation sites is 1. The molecule has 0 aliphatic heterocycles. The van der Waals surface area contributed by atoms with Crippen molar-refractivity contribution in [1.82, 2.24) is 4.57 Å². The number of hydrazine groups is 1. The van der Waals surface area contributed by atoms with Crippen molar-refractivity contribution in [3.8, 4) is 11.1 Å². The van der Waals surface area contributed by atoms with Crippen LogP contribution >= 0.6 is 23.3 Å². The molecule has 0 unspecified atom stereocenters. The number of rotatable bonds is 10. The van der Waals surface area contributed by atoms with Crippen LogP contribution in [0.5, 0.6) is 0 Å². The molecular weight excluding hydrogens is 509 g/mol. The standard InChI is InChI=1S/C28H26FN3O3S2/c1-3-4-17-36-31(32(34)35)26-8-6-5-7-25(26)23-13-9-22(10-14-23)19-30-20(2)27(37-28(30)33)18-21-11-15-24(29)16-12-21/h5-16,18H,2-4,17,19H2,1H3/b27-18-. The van der Waals surface area contributed by atoms with E-state index in [-0.39, 0.29) is 15.7 Å². The lowest BCUT2D eigenvalue weighted by atomic mass is 10.0. The fraction of sp³-hybridized carbons (Fsp3) is 0.179. The first-order valence-corrected chi connectivity index (χ1v) is 13.5. The van der Waals surface area contributed by atoms with Crippen molar-refractivity contribution in [2.45, 2.75) is 26.3 Å². The summed E-state index contributed by atoms with van der Waals surface area (Å²) in [6, 6.07) is 21.0. The lowest BCUT2D eigenvalue weighted by Gasteiger charge is -2.16. The third-order valence-electron chi connectivity index (χ3n) is 5.77. The molecule has 0 saturated carbocycles. The van der Waals surface area contributed by atoms with E-state index in [1.54, 1.807) is 28.8 Å². The average molecular weight is 536 g/mol. The molecule has 4 aromatic rings. The summed E-state index contributed by atoms with van der Waals surface area (Å²) in [6.45, 7) is 6.49. The van der Waals surface area contributed by atoms with E-state index < -0.39 is 0 Å². The van der Waals surface area contributed by atoms with E-state index in [2.05, 4.69) is 13.5 Å². The smallest absolute Gasteiger partial charge is 0.295 e. The van der Waals surface area contributed by atoms with Gasteiger partial charge in [-0.3, -0.25) is 9.36 Å². The van der Waals surface area contributed by atoms with Crippen LogP contribution in [0.15, 0.2) is 77.6 Å². The summed E-state index contributed by atoms with van der Waals surface area (Å²) in [5.74, 6) is 0.346. The Balaban J connectivity index is 1.59. The molecule has 0 N–H and O–H groups in total. The summed E-state index contributed by atoms with van der Waals surface area (Å²) in [5.41, 5.74) is 3.83. The van der Waals surface area contributed by atoms with Crippen LogP contribution in [0.4, 0.5) is 10.1 Å². The number of aromatic nitrogens is 1. The van der Waals surface area contributed by atoms with Crippen molar-refractivity contribution >= 4 is 41.6 Å². The Morgan fingerprint density at radius 2 is 1.81 bits per heavy atom. The molecule has 3 aromatic carbocycles. The molecule has 0 fully saturated rings. The molecule has 190 valence electrons. The largest absolute Gasteiger partial charge is 0.308 e. The molecule has 37 heavy (non-hydrogen) atoms. The number of nitro groups is 1. The molecule has 9 heteroatoms. The van der Waals surface area contributed by atoms with Crippen molar-refractivity contribution in [3.63, 3.8) is 0 Å². The minimum Gasteiger partial charge on any atom is -0.295 e. The van der Waals surface area contributed by atoms with Gasteiger partial charge in [0.25, 0.3) is 0 Å². The van der Waals surface area contributed by atoms with Crippen LogP contribution in [0.1, 0.15) is 30.9 Å². The number of hydrogen-bond donors (Lipinski definition) is 0. The topological polar surface area (TPSA) is 68.4 Å². The summed E-state index contributed by atoms with van der Waals surface area (Å²) in [7, 11) is 0. The molecule has 1 heterocycles. The molecular formula is C28H26FN3O3S2.